The van der Waals surface area contributed by atoms with Crippen LogP contribution in [0.5, 0.6) is 0 Å². The molecule has 1 aromatic heterocycles. The van der Waals surface area contributed by atoms with Crippen molar-refractivity contribution < 1.29 is 13.6 Å². The second kappa shape index (κ2) is 3.98. The summed E-state index contributed by atoms with van der Waals surface area (Å²) in [6.07, 6.45) is 1.02. The van der Waals surface area contributed by atoms with Crippen LogP contribution in [0.3, 0.4) is 0 Å². The average molecular weight is 234 g/mol. The number of aromatic nitrogens is 1. The highest BCUT2D eigenvalue weighted by atomic mass is 32.1. The molecule has 1 aliphatic heterocycles. The van der Waals surface area contributed by atoms with Crippen LogP contribution in [0.15, 0.2) is 5.38 Å². The van der Waals surface area contributed by atoms with Crippen LogP contribution < -0.4 is 5.73 Å². The van der Waals surface area contributed by atoms with Gasteiger partial charge in [0.1, 0.15) is 0 Å². The summed E-state index contributed by atoms with van der Waals surface area (Å²) >= 11 is 1.33. The van der Waals surface area contributed by atoms with E-state index < -0.39 is 7.60 Å². The standard InChI is InChI=1S/C7H11N2O3PS/c8-7-9-6(5-14-7)4-13(10)11-2-1-3-12-13/h5H,1-4H2,(H2,8,9). The van der Waals surface area contributed by atoms with Gasteiger partial charge < -0.3 is 14.8 Å². The SMILES string of the molecule is Nc1nc(CP2(=O)OCCCO2)cs1. The van der Waals surface area contributed by atoms with Crippen molar-refractivity contribution >= 4 is 24.1 Å². The topological polar surface area (TPSA) is 74.4 Å². The summed E-state index contributed by atoms with van der Waals surface area (Å²) in [6.45, 7) is 0.994. The normalized spacial score (nSPS) is 20.9. The number of hydrogen-bond donors (Lipinski definition) is 1. The van der Waals surface area contributed by atoms with Gasteiger partial charge in [0.2, 0.25) is 0 Å². The number of thiazole rings is 1. The van der Waals surface area contributed by atoms with Crippen molar-refractivity contribution in [1.82, 2.24) is 4.98 Å². The van der Waals surface area contributed by atoms with Crippen molar-refractivity contribution in [3.63, 3.8) is 0 Å². The second-order valence-corrected chi connectivity index (χ2v) is 5.91. The van der Waals surface area contributed by atoms with E-state index in [1.807, 2.05) is 0 Å². The monoisotopic (exact) mass is 234 g/mol. The summed E-state index contributed by atoms with van der Waals surface area (Å²) in [5.41, 5.74) is 6.14. The van der Waals surface area contributed by atoms with Gasteiger partial charge in [0.15, 0.2) is 5.13 Å². The van der Waals surface area contributed by atoms with Crippen molar-refractivity contribution in [1.29, 1.82) is 0 Å². The molecule has 0 atom stereocenters. The first-order chi connectivity index (χ1) is 6.68. The second-order valence-electron chi connectivity index (χ2n) is 2.97. The fraction of sp³-hybridized carbons (Fsp3) is 0.571. The third-order valence-electron chi connectivity index (χ3n) is 1.79. The lowest BCUT2D eigenvalue weighted by Gasteiger charge is -2.21. The van der Waals surface area contributed by atoms with Gasteiger partial charge in [-0.1, -0.05) is 0 Å². The summed E-state index contributed by atoms with van der Waals surface area (Å²) in [7, 11) is -2.93. The summed E-state index contributed by atoms with van der Waals surface area (Å²) in [5, 5.41) is 2.25. The zero-order valence-corrected chi connectivity index (χ0v) is 9.22. The Hall–Kier alpha value is -0.420. The van der Waals surface area contributed by atoms with Gasteiger partial charge in [0.05, 0.1) is 25.1 Å². The highest BCUT2D eigenvalue weighted by Crippen LogP contribution is 2.53. The van der Waals surface area contributed by atoms with E-state index in [1.165, 1.54) is 11.3 Å². The quantitative estimate of drug-likeness (QED) is 0.790. The Kier molecular flexibility index (Phi) is 2.88. The molecule has 78 valence electrons. The first kappa shape index (κ1) is 10.1. The van der Waals surface area contributed by atoms with E-state index in [0.29, 0.717) is 24.0 Å². The van der Waals surface area contributed by atoms with Crippen LogP contribution in [-0.2, 0) is 19.8 Å². The van der Waals surface area contributed by atoms with E-state index in [9.17, 15) is 4.57 Å². The minimum atomic E-state index is -2.93. The van der Waals surface area contributed by atoms with E-state index in [-0.39, 0.29) is 6.16 Å². The fourth-order valence-corrected chi connectivity index (χ4v) is 3.51. The molecule has 0 radical (unpaired) electrons. The van der Waals surface area contributed by atoms with Crippen LogP contribution in [0, 0.1) is 0 Å². The molecular weight excluding hydrogens is 223 g/mol. The van der Waals surface area contributed by atoms with Gasteiger partial charge in [-0.05, 0) is 6.42 Å². The van der Waals surface area contributed by atoms with Gasteiger partial charge in [0, 0.05) is 5.38 Å². The highest BCUT2D eigenvalue weighted by molar-refractivity contribution is 7.53. The average Bonchev–Trinajstić information content (AvgIpc) is 2.51. The lowest BCUT2D eigenvalue weighted by atomic mass is 10.5. The summed E-state index contributed by atoms with van der Waals surface area (Å²) in [5.74, 6) is 0. The molecule has 2 N–H and O–H groups in total. The Morgan fingerprint density at radius 1 is 1.57 bits per heavy atom. The van der Waals surface area contributed by atoms with Crippen LogP contribution in [0.1, 0.15) is 12.1 Å². The fourth-order valence-electron chi connectivity index (χ4n) is 1.19. The Balaban J connectivity index is 2.05. The molecule has 2 heterocycles. The molecule has 0 amide bonds. The molecule has 7 heteroatoms. The molecular formula is C7H11N2O3PS. The molecule has 1 aromatic rings. The molecule has 14 heavy (non-hydrogen) atoms. The zero-order valence-electron chi connectivity index (χ0n) is 7.51. The molecule has 0 spiro atoms. The molecule has 0 saturated carbocycles. The van der Waals surface area contributed by atoms with Crippen LogP contribution in [-0.4, -0.2) is 18.2 Å². The molecule has 1 saturated heterocycles. The van der Waals surface area contributed by atoms with Crippen LogP contribution in [0.2, 0.25) is 0 Å². The Labute approximate surface area is 85.8 Å². The van der Waals surface area contributed by atoms with Crippen molar-refractivity contribution in [3.8, 4) is 0 Å². The number of hydrogen-bond acceptors (Lipinski definition) is 6. The van der Waals surface area contributed by atoms with Crippen LogP contribution in [0.4, 0.5) is 5.13 Å². The van der Waals surface area contributed by atoms with Crippen molar-refractivity contribution in [2.75, 3.05) is 18.9 Å². The van der Waals surface area contributed by atoms with E-state index in [0.717, 1.165) is 6.42 Å². The third kappa shape index (κ3) is 2.33. The largest absolute Gasteiger partial charge is 0.375 e. The molecule has 0 bridgehead atoms. The molecule has 0 unspecified atom stereocenters. The number of anilines is 1. The van der Waals surface area contributed by atoms with Gasteiger partial charge in [0.25, 0.3) is 0 Å². The van der Waals surface area contributed by atoms with E-state index in [1.54, 1.807) is 5.38 Å². The number of nitrogens with zero attached hydrogens (tertiary/aromatic N) is 1. The number of nitrogen functional groups attached to an aromatic ring is 1. The Bertz CT molecular complexity index is 358. The maximum atomic E-state index is 11.9. The van der Waals surface area contributed by atoms with Gasteiger partial charge in [-0.15, -0.1) is 11.3 Å². The molecule has 5 nitrogen and oxygen atoms in total. The van der Waals surface area contributed by atoms with Gasteiger partial charge in [-0.3, -0.25) is 4.57 Å². The minimum Gasteiger partial charge on any atom is -0.375 e. The smallest absolute Gasteiger partial charge is 0.336 e. The Morgan fingerprint density at radius 3 is 2.86 bits per heavy atom. The van der Waals surface area contributed by atoms with Gasteiger partial charge in [-0.2, -0.15) is 0 Å². The van der Waals surface area contributed by atoms with E-state index in [2.05, 4.69) is 4.98 Å². The molecule has 2 rings (SSSR count). The lowest BCUT2D eigenvalue weighted by Crippen LogP contribution is -2.09. The Morgan fingerprint density at radius 2 is 2.29 bits per heavy atom. The molecule has 1 aliphatic rings. The highest BCUT2D eigenvalue weighted by Gasteiger charge is 2.29. The van der Waals surface area contributed by atoms with Crippen LogP contribution >= 0.6 is 18.9 Å². The number of nitrogens with two attached hydrogens (primary N) is 1. The minimum absolute atomic E-state index is 0.223. The maximum Gasteiger partial charge on any atom is 0.336 e. The predicted octanol–water partition coefficient (Wildman–Crippen LogP) is 1.86. The van der Waals surface area contributed by atoms with Crippen molar-refractivity contribution in [3.05, 3.63) is 11.1 Å². The summed E-state index contributed by atoms with van der Waals surface area (Å²) in [6, 6.07) is 0. The van der Waals surface area contributed by atoms with Crippen LogP contribution in [0.25, 0.3) is 0 Å². The maximum absolute atomic E-state index is 11.9. The van der Waals surface area contributed by atoms with Crippen molar-refractivity contribution in [2.24, 2.45) is 0 Å². The van der Waals surface area contributed by atoms with Crippen molar-refractivity contribution in [2.45, 2.75) is 12.6 Å². The predicted molar refractivity (Wildman–Crippen MR) is 54.4 cm³/mol. The summed E-state index contributed by atoms with van der Waals surface area (Å²) < 4.78 is 22.2. The molecule has 1 fully saturated rings. The lowest BCUT2D eigenvalue weighted by molar-refractivity contribution is 0.145. The van der Waals surface area contributed by atoms with Gasteiger partial charge >= 0.3 is 7.60 Å². The zero-order chi connectivity index (χ0) is 10.0. The number of rotatable bonds is 2. The molecule has 0 aromatic carbocycles. The van der Waals surface area contributed by atoms with E-state index >= 15 is 0 Å². The third-order valence-corrected chi connectivity index (χ3v) is 4.38. The first-order valence-electron chi connectivity index (χ1n) is 4.26. The van der Waals surface area contributed by atoms with Gasteiger partial charge in [-0.25, -0.2) is 4.98 Å². The first-order valence-corrected chi connectivity index (χ1v) is 6.87. The van der Waals surface area contributed by atoms with E-state index in [4.69, 9.17) is 14.8 Å². The molecule has 0 aliphatic carbocycles. The summed E-state index contributed by atoms with van der Waals surface area (Å²) in [4.78, 5) is 4.01.